The Hall–Kier alpha value is -1.59. The smallest absolute Gasteiger partial charge is 0.133 e. The Bertz CT molecular complexity index is 400. The van der Waals surface area contributed by atoms with Crippen molar-refractivity contribution in [1.82, 2.24) is 15.8 Å². The fourth-order valence-corrected chi connectivity index (χ4v) is 1.78. The van der Waals surface area contributed by atoms with Crippen molar-refractivity contribution < 1.29 is 0 Å². The van der Waals surface area contributed by atoms with E-state index < -0.39 is 0 Å². The zero-order valence-electron chi connectivity index (χ0n) is 7.49. The molecule has 2 atom stereocenters. The molecule has 0 saturated carbocycles. The van der Waals surface area contributed by atoms with E-state index in [2.05, 4.69) is 27.2 Å². The highest BCUT2D eigenvalue weighted by Crippen LogP contribution is 2.25. The zero-order valence-corrected chi connectivity index (χ0v) is 7.49. The molecule has 0 aliphatic carbocycles. The lowest BCUT2D eigenvalue weighted by Crippen LogP contribution is -2.44. The van der Waals surface area contributed by atoms with Crippen molar-refractivity contribution in [3.8, 4) is 0 Å². The molecule has 5 heteroatoms. The average Bonchev–Trinajstić information content (AvgIpc) is 2.57. The molecule has 3 rings (SSSR count). The first kappa shape index (κ1) is 7.78. The van der Waals surface area contributed by atoms with Gasteiger partial charge in [-0.05, 0) is 18.2 Å². The number of hydrazine groups is 1. The summed E-state index contributed by atoms with van der Waals surface area (Å²) in [5, 5.41) is 3.28. The van der Waals surface area contributed by atoms with Gasteiger partial charge in [0.15, 0.2) is 0 Å². The molecule has 1 fully saturated rings. The summed E-state index contributed by atoms with van der Waals surface area (Å²) in [6.45, 7) is 0. The minimum absolute atomic E-state index is 0.0948. The van der Waals surface area contributed by atoms with E-state index in [1.54, 1.807) is 6.20 Å². The summed E-state index contributed by atoms with van der Waals surface area (Å²) in [7, 11) is 0. The summed E-state index contributed by atoms with van der Waals surface area (Å²) in [6, 6.07) is 4.03. The van der Waals surface area contributed by atoms with Gasteiger partial charge in [0.1, 0.15) is 5.82 Å². The van der Waals surface area contributed by atoms with Crippen LogP contribution in [-0.4, -0.2) is 17.2 Å². The first-order chi connectivity index (χ1) is 6.84. The Morgan fingerprint density at radius 2 is 2.36 bits per heavy atom. The number of hydrogen-bond acceptors (Lipinski definition) is 5. The highest BCUT2D eigenvalue weighted by Gasteiger charge is 2.31. The molecule has 0 radical (unpaired) electrons. The summed E-state index contributed by atoms with van der Waals surface area (Å²) in [6.07, 6.45) is 3.71. The van der Waals surface area contributed by atoms with Gasteiger partial charge < -0.3 is 16.5 Å². The molecule has 1 aromatic heterocycles. The van der Waals surface area contributed by atoms with Crippen LogP contribution in [0.5, 0.6) is 0 Å². The predicted molar refractivity (Wildman–Crippen MR) is 53.9 cm³/mol. The van der Waals surface area contributed by atoms with Crippen LogP contribution in [0.2, 0.25) is 0 Å². The van der Waals surface area contributed by atoms with Crippen LogP contribution in [0.4, 0.5) is 5.82 Å². The van der Waals surface area contributed by atoms with E-state index in [0.29, 0.717) is 0 Å². The number of nitrogens with two attached hydrogens (primary N) is 1. The number of fused-ring (bicyclic) bond motifs is 2. The number of rotatable bonds is 0. The molecule has 14 heavy (non-hydrogen) atoms. The highest BCUT2D eigenvalue weighted by atomic mass is 15.5. The second-order valence-electron chi connectivity index (χ2n) is 3.46. The lowest BCUT2D eigenvalue weighted by molar-refractivity contribution is 0.556. The average molecular weight is 189 g/mol. The minimum atomic E-state index is -0.114. The predicted octanol–water partition coefficient (Wildman–Crippen LogP) is -0.391. The lowest BCUT2D eigenvalue weighted by atomic mass is 10.1. The third kappa shape index (κ3) is 0.997. The Labute approximate surface area is 81.4 Å². The molecule has 3 heterocycles. The van der Waals surface area contributed by atoms with Crippen LogP contribution < -0.4 is 21.9 Å². The van der Waals surface area contributed by atoms with Crippen LogP contribution >= 0.6 is 0 Å². The maximum Gasteiger partial charge on any atom is 0.133 e. The van der Waals surface area contributed by atoms with Gasteiger partial charge in [-0.2, -0.15) is 0 Å². The molecule has 5 nitrogen and oxygen atoms in total. The molecule has 0 aromatic carbocycles. The van der Waals surface area contributed by atoms with Gasteiger partial charge in [-0.1, -0.05) is 0 Å². The van der Waals surface area contributed by atoms with Gasteiger partial charge in [-0.25, -0.2) is 10.4 Å². The van der Waals surface area contributed by atoms with Crippen molar-refractivity contribution in [3.05, 3.63) is 29.6 Å². The largest absolute Gasteiger partial charge is 0.358 e. The molecule has 1 aromatic rings. The molecule has 2 aliphatic rings. The first-order valence-electron chi connectivity index (χ1n) is 4.55. The fraction of sp³-hybridized carbons (Fsp3) is 0.222. The van der Waals surface area contributed by atoms with Crippen molar-refractivity contribution >= 4 is 11.9 Å². The summed E-state index contributed by atoms with van der Waals surface area (Å²) >= 11 is 0. The number of anilines is 1. The Morgan fingerprint density at radius 3 is 3.29 bits per heavy atom. The van der Waals surface area contributed by atoms with Crippen LogP contribution in [0.15, 0.2) is 24.0 Å². The van der Waals surface area contributed by atoms with Crippen molar-refractivity contribution in [2.75, 3.05) is 5.32 Å². The van der Waals surface area contributed by atoms with Crippen molar-refractivity contribution in [2.24, 2.45) is 5.73 Å². The van der Waals surface area contributed by atoms with Gasteiger partial charge in [0, 0.05) is 11.8 Å². The van der Waals surface area contributed by atoms with Gasteiger partial charge in [0.05, 0.1) is 17.9 Å². The van der Waals surface area contributed by atoms with Gasteiger partial charge in [-0.15, -0.1) is 0 Å². The third-order valence-electron chi connectivity index (χ3n) is 2.52. The third-order valence-corrected chi connectivity index (χ3v) is 2.52. The van der Waals surface area contributed by atoms with E-state index in [9.17, 15) is 0 Å². The van der Waals surface area contributed by atoms with Crippen LogP contribution in [0.3, 0.4) is 0 Å². The van der Waals surface area contributed by atoms with Crippen LogP contribution in [-0.2, 0) is 0 Å². The maximum atomic E-state index is 5.84. The minimum Gasteiger partial charge on any atom is -0.358 e. The lowest BCUT2D eigenvalue weighted by Gasteiger charge is -2.22. The number of hydrogen-bond donors (Lipinski definition) is 4. The topological polar surface area (TPSA) is 75.0 Å². The summed E-state index contributed by atoms with van der Waals surface area (Å²) in [5.74, 6) is 0.891. The number of nitrogens with zero attached hydrogens (tertiary/aromatic N) is 1. The SMILES string of the molecule is NC1NNC2=Cc3cccnc3NC21. The Kier molecular flexibility index (Phi) is 1.50. The van der Waals surface area contributed by atoms with Gasteiger partial charge >= 0.3 is 0 Å². The van der Waals surface area contributed by atoms with Crippen molar-refractivity contribution in [3.63, 3.8) is 0 Å². The van der Waals surface area contributed by atoms with Gasteiger partial charge in [0.25, 0.3) is 0 Å². The van der Waals surface area contributed by atoms with Crippen LogP contribution in [0, 0.1) is 0 Å². The summed E-state index contributed by atoms with van der Waals surface area (Å²) in [4.78, 5) is 4.25. The van der Waals surface area contributed by atoms with E-state index in [-0.39, 0.29) is 12.2 Å². The molecule has 1 saturated heterocycles. The van der Waals surface area contributed by atoms with E-state index in [0.717, 1.165) is 17.1 Å². The Morgan fingerprint density at radius 1 is 1.43 bits per heavy atom. The van der Waals surface area contributed by atoms with Crippen molar-refractivity contribution in [2.45, 2.75) is 12.2 Å². The number of pyridine rings is 1. The number of nitrogens with one attached hydrogen (secondary N) is 3. The van der Waals surface area contributed by atoms with Crippen LogP contribution in [0.25, 0.3) is 6.08 Å². The highest BCUT2D eigenvalue weighted by molar-refractivity contribution is 5.70. The number of aromatic nitrogens is 1. The second-order valence-corrected chi connectivity index (χ2v) is 3.46. The molecular weight excluding hydrogens is 178 g/mol. The van der Waals surface area contributed by atoms with E-state index in [1.165, 1.54) is 0 Å². The monoisotopic (exact) mass is 189 g/mol. The Balaban J connectivity index is 2.07. The van der Waals surface area contributed by atoms with Gasteiger partial charge in [0.2, 0.25) is 0 Å². The first-order valence-corrected chi connectivity index (χ1v) is 4.55. The molecule has 2 aliphatic heterocycles. The summed E-state index contributed by atoms with van der Waals surface area (Å²) < 4.78 is 0. The molecule has 72 valence electrons. The van der Waals surface area contributed by atoms with E-state index in [1.807, 2.05) is 12.1 Å². The zero-order chi connectivity index (χ0) is 9.54. The quantitative estimate of drug-likeness (QED) is 0.447. The van der Waals surface area contributed by atoms with E-state index in [4.69, 9.17) is 5.73 Å². The second kappa shape index (κ2) is 2.70. The molecule has 0 bridgehead atoms. The fourth-order valence-electron chi connectivity index (χ4n) is 1.78. The molecule has 0 amide bonds. The van der Waals surface area contributed by atoms with Crippen LogP contribution in [0.1, 0.15) is 5.56 Å². The molecule has 5 N–H and O–H groups in total. The van der Waals surface area contributed by atoms with Gasteiger partial charge in [-0.3, -0.25) is 0 Å². The summed E-state index contributed by atoms with van der Waals surface area (Å²) in [5.41, 5.74) is 14.0. The normalized spacial score (nSPS) is 28.2. The van der Waals surface area contributed by atoms with E-state index >= 15 is 0 Å². The molecular formula is C9H11N5. The molecule has 2 unspecified atom stereocenters. The molecule has 0 spiro atoms. The van der Waals surface area contributed by atoms with Crippen molar-refractivity contribution in [1.29, 1.82) is 0 Å². The standard InChI is InChI=1S/C9H11N5/c10-8-7-6(13-14-8)4-5-2-1-3-11-9(5)12-7/h1-4,7-8,13-14H,10H2,(H,11,12). The maximum absolute atomic E-state index is 5.84.